The second kappa shape index (κ2) is 9.13. The summed E-state index contributed by atoms with van der Waals surface area (Å²) in [5.41, 5.74) is 0.711. The standard InChI is InChI=1S/C18H24ClN5O.ClH/c19-17-15(5-4-8-20-17)18-21-16(25-22-18)13-23-11-6-14(7-12-23)24-9-2-1-3-10-24;/h4-5,8,14H,1-3,6-7,9-13H2;1H. The van der Waals surface area contributed by atoms with Gasteiger partial charge >= 0.3 is 0 Å². The van der Waals surface area contributed by atoms with Crippen LogP contribution in [0.3, 0.4) is 0 Å². The number of hydrogen-bond donors (Lipinski definition) is 0. The predicted molar refractivity (Wildman–Crippen MR) is 104 cm³/mol. The fraction of sp³-hybridized carbons (Fsp3) is 0.611. The lowest BCUT2D eigenvalue weighted by Gasteiger charge is -2.39. The molecule has 26 heavy (non-hydrogen) atoms. The summed E-state index contributed by atoms with van der Waals surface area (Å²) in [7, 11) is 0. The number of nitrogens with zero attached hydrogens (tertiary/aromatic N) is 5. The van der Waals surface area contributed by atoms with Gasteiger partial charge in [-0.05, 0) is 50.9 Å². The Kier molecular flexibility index (Phi) is 6.86. The minimum atomic E-state index is 0. The van der Waals surface area contributed by atoms with Gasteiger partial charge in [-0.25, -0.2) is 4.98 Å². The van der Waals surface area contributed by atoms with E-state index in [9.17, 15) is 0 Å². The SMILES string of the molecule is Cl.Clc1ncccc1-c1noc(CN2CCC(N3CCCCC3)CC2)n1. The van der Waals surface area contributed by atoms with E-state index in [-0.39, 0.29) is 12.4 Å². The zero-order chi connectivity index (χ0) is 17.1. The molecule has 2 saturated heterocycles. The lowest BCUT2D eigenvalue weighted by atomic mass is 10.00. The number of hydrogen-bond acceptors (Lipinski definition) is 6. The van der Waals surface area contributed by atoms with Gasteiger partial charge in [-0.15, -0.1) is 12.4 Å². The molecule has 2 aliphatic rings. The quantitative estimate of drug-likeness (QED) is 0.733. The molecule has 4 heterocycles. The van der Waals surface area contributed by atoms with Gasteiger partial charge in [-0.2, -0.15) is 4.98 Å². The number of rotatable bonds is 4. The topological polar surface area (TPSA) is 58.3 Å². The van der Waals surface area contributed by atoms with E-state index in [2.05, 4.69) is 24.9 Å². The minimum Gasteiger partial charge on any atom is -0.338 e. The highest BCUT2D eigenvalue weighted by Crippen LogP contribution is 2.24. The molecule has 6 nitrogen and oxygen atoms in total. The molecule has 0 N–H and O–H groups in total. The molecule has 0 unspecified atom stereocenters. The molecule has 0 radical (unpaired) electrons. The van der Waals surface area contributed by atoms with Crippen LogP contribution in [-0.2, 0) is 6.54 Å². The van der Waals surface area contributed by atoms with Gasteiger partial charge < -0.3 is 9.42 Å². The van der Waals surface area contributed by atoms with E-state index in [1.807, 2.05) is 12.1 Å². The molecule has 0 bridgehead atoms. The summed E-state index contributed by atoms with van der Waals surface area (Å²) in [5, 5.41) is 4.46. The van der Waals surface area contributed by atoms with Crippen LogP contribution in [0.4, 0.5) is 0 Å². The summed E-state index contributed by atoms with van der Waals surface area (Å²) < 4.78 is 5.42. The summed E-state index contributed by atoms with van der Waals surface area (Å²) in [5.74, 6) is 1.16. The normalized spacial score (nSPS) is 20.0. The summed E-state index contributed by atoms with van der Waals surface area (Å²) in [6, 6.07) is 4.43. The number of halogens is 2. The second-order valence-corrected chi connectivity index (χ2v) is 7.32. The Morgan fingerprint density at radius 2 is 1.88 bits per heavy atom. The maximum atomic E-state index is 6.10. The Labute approximate surface area is 165 Å². The molecular weight excluding hydrogens is 373 g/mol. The van der Waals surface area contributed by atoms with Gasteiger partial charge in [-0.3, -0.25) is 4.90 Å². The van der Waals surface area contributed by atoms with Crippen LogP contribution in [0.1, 0.15) is 38.0 Å². The molecule has 142 valence electrons. The third-order valence-corrected chi connectivity index (χ3v) is 5.59. The van der Waals surface area contributed by atoms with Gasteiger partial charge in [0.2, 0.25) is 11.7 Å². The van der Waals surface area contributed by atoms with Crippen molar-refractivity contribution >= 4 is 24.0 Å². The maximum Gasteiger partial charge on any atom is 0.241 e. The van der Waals surface area contributed by atoms with Crippen molar-refractivity contribution in [2.24, 2.45) is 0 Å². The second-order valence-electron chi connectivity index (χ2n) is 6.96. The van der Waals surface area contributed by atoms with Crippen LogP contribution in [0.5, 0.6) is 0 Å². The van der Waals surface area contributed by atoms with Gasteiger partial charge in [0.25, 0.3) is 0 Å². The van der Waals surface area contributed by atoms with Gasteiger partial charge in [0, 0.05) is 25.3 Å². The zero-order valence-corrected chi connectivity index (χ0v) is 16.4. The molecular formula is C18H25Cl2N5O. The highest BCUT2D eigenvalue weighted by atomic mass is 35.5. The van der Waals surface area contributed by atoms with Crippen molar-refractivity contribution in [2.45, 2.75) is 44.7 Å². The molecule has 0 saturated carbocycles. The molecule has 2 aromatic heterocycles. The first kappa shape index (κ1) is 19.5. The molecule has 2 aliphatic heterocycles. The molecule has 0 amide bonds. The molecule has 4 rings (SSSR count). The van der Waals surface area contributed by atoms with Crippen LogP contribution in [0.25, 0.3) is 11.4 Å². The Hall–Kier alpha value is -1.21. The van der Waals surface area contributed by atoms with E-state index in [0.717, 1.165) is 19.1 Å². The first-order chi connectivity index (χ1) is 12.3. The summed E-state index contributed by atoms with van der Waals surface area (Å²) >= 11 is 6.10. The highest BCUT2D eigenvalue weighted by molar-refractivity contribution is 6.31. The maximum absolute atomic E-state index is 6.10. The summed E-state index contributed by atoms with van der Waals surface area (Å²) in [6.07, 6.45) is 8.24. The summed E-state index contributed by atoms with van der Waals surface area (Å²) in [6.45, 7) is 5.45. The van der Waals surface area contributed by atoms with Gasteiger partial charge in [0.15, 0.2) is 0 Å². The van der Waals surface area contributed by atoms with Crippen LogP contribution in [0.2, 0.25) is 5.15 Å². The number of pyridine rings is 1. The Morgan fingerprint density at radius 1 is 1.12 bits per heavy atom. The molecule has 0 aromatic carbocycles. The Bertz CT molecular complexity index is 696. The molecule has 0 atom stereocenters. The van der Waals surface area contributed by atoms with Gasteiger partial charge in [0.05, 0.1) is 12.1 Å². The fourth-order valence-electron chi connectivity index (χ4n) is 3.90. The lowest BCUT2D eigenvalue weighted by molar-refractivity contribution is 0.0847. The van der Waals surface area contributed by atoms with Crippen molar-refractivity contribution in [1.29, 1.82) is 0 Å². The van der Waals surface area contributed by atoms with Crippen molar-refractivity contribution in [3.63, 3.8) is 0 Å². The summed E-state index contributed by atoms with van der Waals surface area (Å²) in [4.78, 5) is 13.6. The lowest BCUT2D eigenvalue weighted by Crippen LogP contribution is -2.46. The Balaban J connectivity index is 0.00000196. The van der Waals surface area contributed by atoms with E-state index in [1.54, 1.807) is 6.20 Å². The average Bonchev–Trinajstić information content (AvgIpc) is 3.12. The predicted octanol–water partition coefficient (Wildman–Crippen LogP) is 3.66. The number of piperidine rings is 2. The molecule has 2 aromatic rings. The van der Waals surface area contributed by atoms with Crippen LogP contribution in [-0.4, -0.2) is 57.1 Å². The smallest absolute Gasteiger partial charge is 0.241 e. The van der Waals surface area contributed by atoms with Crippen LogP contribution >= 0.6 is 24.0 Å². The zero-order valence-electron chi connectivity index (χ0n) is 14.8. The molecule has 2 fully saturated rings. The van der Waals surface area contributed by atoms with E-state index in [0.29, 0.717) is 29.0 Å². The van der Waals surface area contributed by atoms with Crippen molar-refractivity contribution in [3.05, 3.63) is 29.4 Å². The molecule has 0 aliphatic carbocycles. The minimum absolute atomic E-state index is 0. The third kappa shape index (κ3) is 4.55. The number of aromatic nitrogens is 3. The highest BCUT2D eigenvalue weighted by Gasteiger charge is 2.26. The fourth-order valence-corrected chi connectivity index (χ4v) is 4.10. The third-order valence-electron chi connectivity index (χ3n) is 5.29. The van der Waals surface area contributed by atoms with Crippen molar-refractivity contribution in [1.82, 2.24) is 24.9 Å². The molecule has 8 heteroatoms. The first-order valence-electron chi connectivity index (χ1n) is 9.19. The average molecular weight is 398 g/mol. The van der Waals surface area contributed by atoms with Crippen molar-refractivity contribution in [3.8, 4) is 11.4 Å². The van der Waals surface area contributed by atoms with Crippen molar-refractivity contribution < 1.29 is 4.52 Å². The van der Waals surface area contributed by atoms with Gasteiger partial charge in [-0.1, -0.05) is 23.2 Å². The van der Waals surface area contributed by atoms with Crippen LogP contribution in [0, 0.1) is 0 Å². The van der Waals surface area contributed by atoms with Gasteiger partial charge in [0.1, 0.15) is 5.15 Å². The van der Waals surface area contributed by atoms with E-state index in [1.165, 1.54) is 45.2 Å². The van der Waals surface area contributed by atoms with E-state index >= 15 is 0 Å². The monoisotopic (exact) mass is 397 g/mol. The number of likely N-dealkylation sites (tertiary alicyclic amines) is 2. The largest absolute Gasteiger partial charge is 0.338 e. The van der Waals surface area contributed by atoms with E-state index in [4.69, 9.17) is 16.1 Å². The van der Waals surface area contributed by atoms with Crippen LogP contribution < -0.4 is 0 Å². The molecule has 0 spiro atoms. The Morgan fingerprint density at radius 3 is 2.62 bits per heavy atom. The first-order valence-corrected chi connectivity index (χ1v) is 9.57. The van der Waals surface area contributed by atoms with E-state index < -0.39 is 0 Å². The van der Waals surface area contributed by atoms with Crippen LogP contribution in [0.15, 0.2) is 22.9 Å². The van der Waals surface area contributed by atoms with Crippen molar-refractivity contribution in [2.75, 3.05) is 26.2 Å².